The average Bonchev–Trinajstić information content (AvgIpc) is 3.47. The van der Waals surface area contributed by atoms with Gasteiger partial charge in [-0.1, -0.05) is 93.6 Å². The molecule has 4 heterocycles. The highest BCUT2D eigenvalue weighted by molar-refractivity contribution is 7.00. The molecular weight excluding hydrogens is 495 g/mol. The Morgan fingerprint density at radius 1 is 0.732 bits per heavy atom. The molecule has 10 rings (SSSR count). The van der Waals surface area contributed by atoms with E-state index >= 15 is 0 Å². The number of hydrogen-bond acceptors (Lipinski definition) is 1. The number of para-hydroxylation sites is 3. The van der Waals surface area contributed by atoms with Crippen LogP contribution >= 0.6 is 0 Å². The van der Waals surface area contributed by atoms with Crippen molar-refractivity contribution < 1.29 is 0 Å². The Bertz CT molecular complexity index is 1940. The maximum Gasteiger partial charge on any atom is 0.252 e. The van der Waals surface area contributed by atoms with Gasteiger partial charge in [0.05, 0.1) is 16.6 Å². The van der Waals surface area contributed by atoms with Crippen LogP contribution in [-0.2, 0) is 5.41 Å². The minimum Gasteiger partial charge on any atom is -0.335 e. The molecule has 1 aromatic heterocycles. The van der Waals surface area contributed by atoms with Gasteiger partial charge in [0.1, 0.15) is 0 Å². The van der Waals surface area contributed by atoms with Crippen LogP contribution < -0.4 is 21.3 Å². The second-order valence-electron chi connectivity index (χ2n) is 14.2. The van der Waals surface area contributed by atoms with E-state index in [0.29, 0.717) is 5.92 Å². The van der Waals surface area contributed by atoms with Crippen molar-refractivity contribution in [2.45, 2.75) is 88.5 Å². The molecule has 2 fully saturated rings. The number of fused-ring (bicyclic) bond motifs is 12. The number of aromatic nitrogens is 1. The average molecular weight is 533 g/mol. The summed E-state index contributed by atoms with van der Waals surface area (Å²) in [4.78, 5) is 2.91. The Hall–Kier alpha value is -3.46. The standard InChI is InChI=1S/C38H37BN2/c1-37-22-12-13-23-38(37,2)41-30-21-11-8-18-27(30)39-26-17-7-10-20-29(26)40-28-19-9-6-16-25(28)32-31(24-14-4-3-5-15-24)33(37)36(41)34(39)35(32)40/h6-11,16-21,24H,3-5,12-15,22-23H2,1-2H3. The van der Waals surface area contributed by atoms with Gasteiger partial charge in [0.25, 0.3) is 6.71 Å². The minimum atomic E-state index is 0.0883. The van der Waals surface area contributed by atoms with Crippen LogP contribution in [0.25, 0.3) is 27.5 Å². The molecular formula is C38H37BN2. The van der Waals surface area contributed by atoms with Gasteiger partial charge in [-0.3, -0.25) is 0 Å². The Morgan fingerprint density at radius 3 is 2.24 bits per heavy atom. The topological polar surface area (TPSA) is 8.17 Å². The molecule has 0 radical (unpaired) electrons. The quantitative estimate of drug-likeness (QED) is 0.197. The summed E-state index contributed by atoms with van der Waals surface area (Å²) in [6.07, 6.45) is 12.0. The molecule has 5 aliphatic rings. The molecule has 202 valence electrons. The predicted molar refractivity (Wildman–Crippen MR) is 174 cm³/mol. The van der Waals surface area contributed by atoms with Gasteiger partial charge in [-0.2, -0.15) is 0 Å². The first-order valence-electron chi connectivity index (χ1n) is 16.3. The smallest absolute Gasteiger partial charge is 0.252 e. The minimum absolute atomic E-state index is 0.0883. The first-order valence-corrected chi connectivity index (χ1v) is 16.3. The molecule has 5 aromatic rings. The molecule has 2 saturated carbocycles. The molecule has 41 heavy (non-hydrogen) atoms. The third-order valence-corrected chi connectivity index (χ3v) is 12.5. The zero-order valence-corrected chi connectivity index (χ0v) is 24.3. The predicted octanol–water partition coefficient (Wildman–Crippen LogP) is 7.72. The van der Waals surface area contributed by atoms with Gasteiger partial charge in [-0.25, -0.2) is 0 Å². The molecule has 0 N–H and O–H groups in total. The van der Waals surface area contributed by atoms with E-state index in [-0.39, 0.29) is 17.7 Å². The van der Waals surface area contributed by atoms with Crippen molar-refractivity contribution in [2.75, 3.05) is 4.90 Å². The highest BCUT2D eigenvalue weighted by atomic mass is 15.3. The molecule has 0 saturated heterocycles. The van der Waals surface area contributed by atoms with Crippen LogP contribution in [0.4, 0.5) is 11.4 Å². The van der Waals surface area contributed by atoms with Gasteiger partial charge in [0.15, 0.2) is 0 Å². The lowest BCUT2D eigenvalue weighted by molar-refractivity contribution is 0.193. The third kappa shape index (κ3) is 2.52. The zero-order chi connectivity index (χ0) is 27.1. The van der Waals surface area contributed by atoms with Gasteiger partial charge in [0.2, 0.25) is 0 Å². The molecule has 2 atom stereocenters. The fourth-order valence-electron chi connectivity index (χ4n) is 10.6. The number of anilines is 2. The van der Waals surface area contributed by atoms with Crippen LogP contribution in [0.3, 0.4) is 0 Å². The second kappa shape index (κ2) is 7.68. The van der Waals surface area contributed by atoms with Gasteiger partial charge in [-0.15, -0.1) is 0 Å². The van der Waals surface area contributed by atoms with Gasteiger partial charge in [-0.05, 0) is 84.2 Å². The van der Waals surface area contributed by atoms with Crippen molar-refractivity contribution in [2.24, 2.45) is 0 Å². The maximum absolute atomic E-state index is 2.91. The zero-order valence-electron chi connectivity index (χ0n) is 24.3. The summed E-state index contributed by atoms with van der Waals surface area (Å²) in [6.45, 7) is 5.59. The summed E-state index contributed by atoms with van der Waals surface area (Å²) in [5.41, 5.74) is 15.6. The molecule has 3 aliphatic heterocycles. The van der Waals surface area contributed by atoms with Crippen molar-refractivity contribution in [1.82, 2.24) is 4.57 Å². The summed E-state index contributed by atoms with van der Waals surface area (Å²) in [6, 6.07) is 28.1. The summed E-state index contributed by atoms with van der Waals surface area (Å²) in [7, 11) is 0. The van der Waals surface area contributed by atoms with Crippen molar-refractivity contribution in [3.05, 3.63) is 83.9 Å². The van der Waals surface area contributed by atoms with Crippen LogP contribution in [0.2, 0.25) is 0 Å². The summed E-state index contributed by atoms with van der Waals surface area (Å²) >= 11 is 0. The molecule has 0 amide bonds. The SMILES string of the molecule is CC12CCCCC1(C)N1c3ccccc3B3c4ccccc4-n4c5ccccc5c5c(C6CCCCC6)c2c1c3c54. The lowest BCUT2D eigenvalue weighted by Crippen LogP contribution is -2.63. The summed E-state index contributed by atoms with van der Waals surface area (Å²) in [5, 5.41) is 3.06. The molecule has 2 unspecified atom stereocenters. The Morgan fingerprint density at radius 2 is 1.41 bits per heavy atom. The lowest BCUT2D eigenvalue weighted by atomic mass is 9.33. The molecule has 2 aliphatic carbocycles. The van der Waals surface area contributed by atoms with Crippen LogP contribution in [-0.4, -0.2) is 16.8 Å². The lowest BCUT2D eigenvalue weighted by Gasteiger charge is -2.52. The fourth-order valence-corrected chi connectivity index (χ4v) is 10.6. The van der Waals surface area contributed by atoms with Crippen molar-refractivity contribution in [3.8, 4) is 5.69 Å². The van der Waals surface area contributed by atoms with Crippen molar-refractivity contribution in [1.29, 1.82) is 0 Å². The number of nitrogens with zero attached hydrogens (tertiary/aromatic N) is 2. The number of rotatable bonds is 1. The molecule has 4 aromatic carbocycles. The van der Waals surface area contributed by atoms with E-state index in [0.717, 1.165) is 0 Å². The van der Waals surface area contributed by atoms with Gasteiger partial charge in [0, 0.05) is 33.2 Å². The van der Waals surface area contributed by atoms with E-state index in [2.05, 4.69) is 96.1 Å². The van der Waals surface area contributed by atoms with E-state index in [1.807, 2.05) is 0 Å². The normalized spacial score (nSPS) is 25.9. The van der Waals surface area contributed by atoms with Crippen molar-refractivity contribution in [3.63, 3.8) is 0 Å². The number of hydrogen-bond donors (Lipinski definition) is 0. The van der Waals surface area contributed by atoms with E-state index in [1.54, 1.807) is 27.7 Å². The van der Waals surface area contributed by atoms with Gasteiger partial charge < -0.3 is 9.47 Å². The van der Waals surface area contributed by atoms with Crippen LogP contribution in [0.15, 0.2) is 72.8 Å². The molecule has 2 nitrogen and oxygen atoms in total. The maximum atomic E-state index is 2.91. The van der Waals surface area contributed by atoms with Gasteiger partial charge >= 0.3 is 0 Å². The van der Waals surface area contributed by atoms with Crippen LogP contribution in [0.5, 0.6) is 0 Å². The van der Waals surface area contributed by atoms with Crippen LogP contribution in [0, 0.1) is 0 Å². The second-order valence-corrected chi connectivity index (χ2v) is 14.2. The highest BCUT2D eigenvalue weighted by Crippen LogP contribution is 2.64. The largest absolute Gasteiger partial charge is 0.335 e. The van der Waals surface area contributed by atoms with E-state index in [1.165, 1.54) is 96.5 Å². The molecule has 0 bridgehead atoms. The Kier molecular flexibility index (Phi) is 4.33. The summed E-state index contributed by atoms with van der Waals surface area (Å²) in [5.74, 6) is 0.652. The fraction of sp³-hybridized carbons (Fsp3) is 0.368. The van der Waals surface area contributed by atoms with Crippen LogP contribution in [0.1, 0.15) is 88.7 Å². The molecule has 3 heteroatoms. The first-order chi connectivity index (χ1) is 20.1. The van der Waals surface area contributed by atoms with Crippen molar-refractivity contribution >= 4 is 56.3 Å². The first kappa shape index (κ1) is 23.1. The molecule has 0 spiro atoms. The Balaban J connectivity index is 1.50. The van der Waals surface area contributed by atoms with E-state index in [9.17, 15) is 0 Å². The van der Waals surface area contributed by atoms with E-state index < -0.39 is 0 Å². The summed E-state index contributed by atoms with van der Waals surface area (Å²) < 4.78 is 2.68. The highest BCUT2D eigenvalue weighted by Gasteiger charge is 2.62. The Labute approximate surface area is 243 Å². The number of benzene rings is 4. The monoisotopic (exact) mass is 532 g/mol. The third-order valence-electron chi connectivity index (χ3n) is 12.5. The van der Waals surface area contributed by atoms with E-state index in [4.69, 9.17) is 0 Å².